The fraction of sp³-hybridized carbons (Fsp3) is 0.333. The van der Waals surface area contributed by atoms with Crippen molar-refractivity contribution in [3.63, 3.8) is 0 Å². The number of pyridine rings is 1. The number of rotatable bonds is 6. The quantitative estimate of drug-likeness (QED) is 0.764. The summed E-state index contributed by atoms with van der Waals surface area (Å²) in [7, 11) is -4.01. The third-order valence-electron chi connectivity index (χ3n) is 4.35. The molecule has 10 heteroatoms. The van der Waals surface area contributed by atoms with E-state index in [1.165, 1.54) is 12.1 Å². The minimum absolute atomic E-state index is 0.0294. The average molecular weight is 410 g/mol. The predicted molar refractivity (Wildman–Crippen MR) is 100 cm³/mol. The molecule has 2 heterocycles. The van der Waals surface area contributed by atoms with Gasteiger partial charge in [-0.1, -0.05) is 0 Å². The summed E-state index contributed by atoms with van der Waals surface area (Å²) >= 11 is 0. The second-order valence-electron chi connectivity index (χ2n) is 6.41. The number of sulfonamides is 1. The van der Waals surface area contributed by atoms with Crippen molar-refractivity contribution in [2.24, 2.45) is 0 Å². The minimum Gasteiger partial charge on any atom is -0.361 e. The van der Waals surface area contributed by atoms with Crippen molar-refractivity contribution < 1.29 is 22.0 Å². The molecule has 1 saturated heterocycles. The first-order valence-corrected chi connectivity index (χ1v) is 10.3. The summed E-state index contributed by atoms with van der Waals surface area (Å²) in [6.07, 6.45) is 4.26. The molecule has 28 heavy (non-hydrogen) atoms. The SMILES string of the molecule is O=C(CNc1ccc(S(=O)(=O)Nc2ccc(F)c(F)c2)cn1)N1CCCCC1. The first-order chi connectivity index (χ1) is 13.3. The normalized spacial score (nSPS) is 14.6. The number of hydrogen-bond donors (Lipinski definition) is 2. The highest BCUT2D eigenvalue weighted by Crippen LogP contribution is 2.19. The van der Waals surface area contributed by atoms with E-state index >= 15 is 0 Å². The summed E-state index contributed by atoms with van der Waals surface area (Å²) in [5, 5.41) is 2.87. The maximum absolute atomic E-state index is 13.2. The third kappa shape index (κ3) is 4.94. The van der Waals surface area contributed by atoms with E-state index in [-0.39, 0.29) is 23.0 Å². The van der Waals surface area contributed by atoms with Gasteiger partial charge in [-0.3, -0.25) is 9.52 Å². The van der Waals surface area contributed by atoms with Crippen molar-refractivity contribution in [1.29, 1.82) is 0 Å². The largest absolute Gasteiger partial charge is 0.361 e. The van der Waals surface area contributed by atoms with Gasteiger partial charge in [0.25, 0.3) is 10.0 Å². The van der Waals surface area contributed by atoms with Crippen LogP contribution in [-0.4, -0.2) is 43.8 Å². The van der Waals surface area contributed by atoms with Crippen LogP contribution in [0.25, 0.3) is 0 Å². The molecule has 1 aliphatic rings. The molecule has 1 aromatic carbocycles. The highest BCUT2D eigenvalue weighted by molar-refractivity contribution is 7.92. The van der Waals surface area contributed by atoms with Gasteiger partial charge in [0.1, 0.15) is 10.7 Å². The van der Waals surface area contributed by atoms with E-state index in [0.29, 0.717) is 5.82 Å². The van der Waals surface area contributed by atoms with Gasteiger partial charge in [0.15, 0.2) is 11.6 Å². The van der Waals surface area contributed by atoms with Crippen LogP contribution in [0, 0.1) is 11.6 Å². The van der Waals surface area contributed by atoms with Crippen LogP contribution in [-0.2, 0) is 14.8 Å². The van der Waals surface area contributed by atoms with Gasteiger partial charge in [-0.05, 0) is 43.5 Å². The van der Waals surface area contributed by atoms with Crippen molar-refractivity contribution in [3.8, 4) is 0 Å². The van der Waals surface area contributed by atoms with Gasteiger partial charge in [0.05, 0.1) is 12.2 Å². The third-order valence-corrected chi connectivity index (χ3v) is 5.71. The van der Waals surface area contributed by atoms with Gasteiger partial charge in [-0.2, -0.15) is 0 Å². The monoisotopic (exact) mass is 410 g/mol. The van der Waals surface area contributed by atoms with E-state index in [4.69, 9.17) is 0 Å². The molecule has 0 spiro atoms. The fourth-order valence-electron chi connectivity index (χ4n) is 2.84. The summed E-state index contributed by atoms with van der Waals surface area (Å²) in [6, 6.07) is 5.44. The maximum atomic E-state index is 13.2. The zero-order valence-corrected chi connectivity index (χ0v) is 15.8. The summed E-state index contributed by atoms with van der Waals surface area (Å²) in [4.78, 5) is 17.8. The zero-order valence-electron chi connectivity index (χ0n) is 15.0. The van der Waals surface area contributed by atoms with E-state index in [1.54, 1.807) is 4.90 Å². The molecular weight excluding hydrogens is 390 g/mol. The summed E-state index contributed by atoms with van der Waals surface area (Å²) < 4.78 is 53.0. The molecule has 0 unspecified atom stereocenters. The second-order valence-corrected chi connectivity index (χ2v) is 8.09. The van der Waals surface area contributed by atoms with Crippen LogP contribution < -0.4 is 10.0 Å². The van der Waals surface area contributed by atoms with Gasteiger partial charge in [-0.15, -0.1) is 0 Å². The summed E-state index contributed by atoms with van der Waals surface area (Å²) in [6.45, 7) is 1.58. The van der Waals surface area contributed by atoms with Gasteiger partial charge < -0.3 is 10.2 Å². The van der Waals surface area contributed by atoms with E-state index in [9.17, 15) is 22.0 Å². The number of likely N-dealkylation sites (tertiary alicyclic amines) is 1. The van der Waals surface area contributed by atoms with Crippen LogP contribution in [0.15, 0.2) is 41.4 Å². The lowest BCUT2D eigenvalue weighted by Crippen LogP contribution is -2.39. The minimum atomic E-state index is -4.01. The van der Waals surface area contributed by atoms with Crippen LogP contribution in [0.3, 0.4) is 0 Å². The van der Waals surface area contributed by atoms with E-state index < -0.39 is 21.7 Å². The predicted octanol–water partition coefficient (Wildman–Crippen LogP) is 2.59. The Balaban J connectivity index is 1.60. The van der Waals surface area contributed by atoms with Gasteiger partial charge in [0.2, 0.25) is 5.91 Å². The van der Waals surface area contributed by atoms with E-state index in [1.807, 2.05) is 0 Å². The lowest BCUT2D eigenvalue weighted by atomic mass is 10.1. The molecule has 0 aliphatic carbocycles. The number of hydrogen-bond acceptors (Lipinski definition) is 5. The molecule has 1 aromatic heterocycles. The van der Waals surface area contributed by atoms with E-state index in [2.05, 4.69) is 15.0 Å². The molecule has 0 atom stereocenters. The van der Waals surface area contributed by atoms with Gasteiger partial charge >= 0.3 is 0 Å². The molecule has 0 bridgehead atoms. The Morgan fingerprint density at radius 1 is 1.07 bits per heavy atom. The number of halogens is 2. The van der Waals surface area contributed by atoms with Crippen LogP contribution in [0.5, 0.6) is 0 Å². The van der Waals surface area contributed by atoms with Crippen molar-refractivity contribution in [1.82, 2.24) is 9.88 Å². The van der Waals surface area contributed by atoms with Crippen LogP contribution in [0.4, 0.5) is 20.3 Å². The Kier molecular flexibility index (Phi) is 6.08. The van der Waals surface area contributed by atoms with Crippen LogP contribution >= 0.6 is 0 Å². The number of carbonyl (C=O) groups is 1. The molecular formula is C18H20F2N4O3S. The molecule has 150 valence electrons. The smallest absolute Gasteiger partial charge is 0.263 e. The van der Waals surface area contributed by atoms with Crippen LogP contribution in [0.1, 0.15) is 19.3 Å². The molecule has 0 radical (unpaired) electrons. The van der Waals surface area contributed by atoms with Crippen molar-refractivity contribution >= 4 is 27.4 Å². The number of anilines is 2. The first-order valence-electron chi connectivity index (χ1n) is 8.81. The number of amides is 1. The van der Waals surface area contributed by atoms with Crippen LogP contribution in [0.2, 0.25) is 0 Å². The maximum Gasteiger partial charge on any atom is 0.263 e. The Morgan fingerprint density at radius 2 is 1.82 bits per heavy atom. The number of benzene rings is 1. The zero-order chi connectivity index (χ0) is 20.1. The number of aromatic nitrogens is 1. The molecule has 0 saturated carbocycles. The van der Waals surface area contributed by atoms with E-state index in [0.717, 1.165) is 56.7 Å². The Labute approximate surface area is 161 Å². The lowest BCUT2D eigenvalue weighted by molar-refractivity contribution is -0.130. The topological polar surface area (TPSA) is 91.4 Å². The van der Waals surface area contributed by atoms with Gasteiger partial charge in [0, 0.05) is 25.4 Å². The number of nitrogens with one attached hydrogen (secondary N) is 2. The highest BCUT2D eigenvalue weighted by Gasteiger charge is 2.18. The molecule has 1 amide bonds. The van der Waals surface area contributed by atoms with Gasteiger partial charge in [-0.25, -0.2) is 22.2 Å². The number of nitrogens with zero attached hydrogens (tertiary/aromatic N) is 2. The first kappa shape index (κ1) is 20.0. The fourth-order valence-corrected chi connectivity index (χ4v) is 3.83. The molecule has 2 aromatic rings. The number of piperidine rings is 1. The summed E-state index contributed by atoms with van der Waals surface area (Å²) in [5.41, 5.74) is -0.103. The Morgan fingerprint density at radius 3 is 2.46 bits per heavy atom. The van der Waals surface area contributed by atoms with Crippen molar-refractivity contribution in [2.75, 3.05) is 29.7 Å². The molecule has 2 N–H and O–H groups in total. The lowest BCUT2D eigenvalue weighted by Gasteiger charge is -2.26. The Hall–Kier alpha value is -2.75. The number of carbonyl (C=O) groups excluding carboxylic acids is 1. The average Bonchev–Trinajstić information content (AvgIpc) is 2.70. The second kappa shape index (κ2) is 8.51. The summed E-state index contributed by atoms with van der Waals surface area (Å²) in [5.74, 6) is -1.90. The molecule has 3 rings (SSSR count). The molecule has 1 aliphatic heterocycles. The Bertz CT molecular complexity index is 946. The molecule has 7 nitrogen and oxygen atoms in total. The molecule has 1 fully saturated rings. The van der Waals surface area contributed by atoms with Crippen molar-refractivity contribution in [3.05, 3.63) is 48.2 Å². The standard InChI is InChI=1S/C18H20F2N4O3S/c19-15-6-4-13(10-16(15)20)23-28(26,27)14-5-7-17(21-11-14)22-12-18(25)24-8-2-1-3-9-24/h4-7,10-11,23H,1-3,8-9,12H2,(H,21,22). The van der Waals surface area contributed by atoms with Crippen molar-refractivity contribution in [2.45, 2.75) is 24.2 Å². The highest BCUT2D eigenvalue weighted by atomic mass is 32.2.